The minimum absolute atomic E-state index is 0.239. The molecule has 0 unspecified atom stereocenters. The molecule has 2 heterocycles. The Morgan fingerprint density at radius 1 is 1.38 bits per heavy atom. The average Bonchev–Trinajstić information content (AvgIpc) is 2.88. The molecule has 1 aliphatic rings. The number of rotatable bonds is 4. The van der Waals surface area contributed by atoms with Crippen LogP contribution in [-0.4, -0.2) is 46.3 Å². The van der Waals surface area contributed by atoms with E-state index in [9.17, 15) is 14.7 Å². The van der Waals surface area contributed by atoms with Crippen LogP contribution < -0.4 is 5.73 Å². The fourth-order valence-corrected chi connectivity index (χ4v) is 3.34. The second-order valence-corrected chi connectivity index (χ2v) is 5.77. The summed E-state index contributed by atoms with van der Waals surface area (Å²) in [5.41, 5.74) is 9.05. The molecule has 0 bridgehead atoms. The van der Waals surface area contributed by atoms with Crippen molar-refractivity contribution in [3.63, 3.8) is 0 Å². The number of hydrogen-bond donors (Lipinski definition) is 2. The number of carbonyl (C=O) groups is 2. The van der Waals surface area contributed by atoms with E-state index in [-0.39, 0.29) is 11.7 Å². The lowest BCUT2D eigenvalue weighted by Crippen LogP contribution is -2.36. The predicted molar refractivity (Wildman–Crippen MR) is 89.1 cm³/mol. The summed E-state index contributed by atoms with van der Waals surface area (Å²) in [6.45, 7) is 4.28. The van der Waals surface area contributed by atoms with Gasteiger partial charge in [-0.2, -0.15) is 0 Å². The van der Waals surface area contributed by atoms with E-state index in [2.05, 4.69) is 4.57 Å². The van der Waals surface area contributed by atoms with Crippen LogP contribution in [0.5, 0.6) is 0 Å². The van der Waals surface area contributed by atoms with Crippen LogP contribution in [0.4, 0.5) is 4.79 Å². The third-order valence-electron chi connectivity index (χ3n) is 4.38. The average molecular weight is 331 g/mol. The Bertz CT molecular complexity index is 797. The van der Waals surface area contributed by atoms with E-state index >= 15 is 0 Å². The first-order chi connectivity index (χ1) is 11.6. The van der Waals surface area contributed by atoms with Crippen molar-refractivity contribution < 1.29 is 19.4 Å². The summed E-state index contributed by atoms with van der Waals surface area (Å²) in [7, 11) is 0. The van der Waals surface area contributed by atoms with E-state index in [4.69, 9.17) is 10.5 Å². The highest BCUT2D eigenvalue weighted by Gasteiger charge is 2.27. The molecule has 0 atom stereocenters. The van der Waals surface area contributed by atoms with Gasteiger partial charge in [-0.15, -0.1) is 0 Å². The number of fused-ring (bicyclic) bond motifs is 3. The summed E-state index contributed by atoms with van der Waals surface area (Å²) >= 11 is 0. The van der Waals surface area contributed by atoms with Crippen LogP contribution in [0.1, 0.15) is 28.5 Å². The van der Waals surface area contributed by atoms with Crippen LogP contribution in [0, 0.1) is 0 Å². The molecular formula is C17H21N3O4. The van der Waals surface area contributed by atoms with Crippen molar-refractivity contribution in [1.82, 2.24) is 9.47 Å². The van der Waals surface area contributed by atoms with Gasteiger partial charge in [0, 0.05) is 48.2 Å². The van der Waals surface area contributed by atoms with Gasteiger partial charge in [-0.1, -0.05) is 0 Å². The molecule has 3 rings (SSSR count). The van der Waals surface area contributed by atoms with Crippen LogP contribution in [0.15, 0.2) is 18.2 Å². The molecule has 3 N–H and O–H groups in total. The van der Waals surface area contributed by atoms with E-state index in [1.807, 2.05) is 6.07 Å². The largest absolute Gasteiger partial charge is 0.478 e. The van der Waals surface area contributed by atoms with Crippen LogP contribution in [0.3, 0.4) is 0 Å². The van der Waals surface area contributed by atoms with Gasteiger partial charge in [0.05, 0.1) is 18.7 Å². The Balaban J connectivity index is 2.09. The molecule has 0 aliphatic carbocycles. The molecule has 0 saturated carbocycles. The summed E-state index contributed by atoms with van der Waals surface area (Å²) in [5.74, 6) is -0.963. The number of hydrogen-bond acceptors (Lipinski definition) is 4. The molecule has 0 saturated heterocycles. The molecule has 1 aromatic heterocycles. The van der Waals surface area contributed by atoms with E-state index in [1.165, 1.54) is 0 Å². The minimum atomic E-state index is -0.963. The van der Waals surface area contributed by atoms with Crippen molar-refractivity contribution in [3.8, 4) is 0 Å². The van der Waals surface area contributed by atoms with E-state index < -0.39 is 5.97 Å². The van der Waals surface area contributed by atoms with Crippen molar-refractivity contribution in [2.45, 2.75) is 26.4 Å². The number of amides is 1. The number of aromatic nitrogens is 1. The van der Waals surface area contributed by atoms with Gasteiger partial charge in [0.25, 0.3) is 0 Å². The molecule has 0 radical (unpaired) electrons. The molecule has 24 heavy (non-hydrogen) atoms. The predicted octanol–water partition coefficient (Wildman–Crippen LogP) is 1.81. The Labute approximate surface area is 139 Å². The zero-order valence-corrected chi connectivity index (χ0v) is 13.6. The molecule has 7 heteroatoms. The molecule has 1 amide bonds. The number of benzene rings is 1. The number of ether oxygens (including phenoxy) is 1. The number of nitrogens with zero attached hydrogens (tertiary/aromatic N) is 2. The highest BCUT2D eigenvalue weighted by molar-refractivity contribution is 5.95. The second kappa shape index (κ2) is 6.52. The van der Waals surface area contributed by atoms with E-state index in [1.54, 1.807) is 24.0 Å². The Morgan fingerprint density at radius 3 is 2.83 bits per heavy atom. The Morgan fingerprint density at radius 2 is 2.17 bits per heavy atom. The lowest BCUT2D eigenvalue weighted by molar-refractivity contribution is 0.0696. The summed E-state index contributed by atoms with van der Waals surface area (Å²) in [4.78, 5) is 25.0. The van der Waals surface area contributed by atoms with E-state index in [0.717, 1.165) is 22.2 Å². The van der Waals surface area contributed by atoms with Crippen molar-refractivity contribution in [3.05, 3.63) is 35.0 Å². The van der Waals surface area contributed by atoms with Gasteiger partial charge in [0.2, 0.25) is 0 Å². The molecule has 1 aromatic carbocycles. The lowest BCUT2D eigenvalue weighted by Gasteiger charge is -2.27. The van der Waals surface area contributed by atoms with Crippen LogP contribution >= 0.6 is 0 Å². The van der Waals surface area contributed by atoms with E-state index in [0.29, 0.717) is 39.2 Å². The number of aromatic carboxylic acids is 1. The first kappa shape index (κ1) is 16.3. The molecule has 0 spiro atoms. The van der Waals surface area contributed by atoms with Gasteiger partial charge in [-0.25, -0.2) is 9.59 Å². The molecule has 1 aliphatic heterocycles. The highest BCUT2D eigenvalue weighted by atomic mass is 16.6. The quantitative estimate of drug-likeness (QED) is 0.890. The van der Waals surface area contributed by atoms with Gasteiger partial charge in [0.1, 0.15) is 0 Å². The maximum atomic E-state index is 12.0. The van der Waals surface area contributed by atoms with Gasteiger partial charge < -0.3 is 25.0 Å². The zero-order chi connectivity index (χ0) is 17.3. The highest BCUT2D eigenvalue weighted by Crippen LogP contribution is 2.32. The van der Waals surface area contributed by atoms with Crippen molar-refractivity contribution in [2.75, 3.05) is 19.7 Å². The fourth-order valence-electron chi connectivity index (χ4n) is 3.34. The fraction of sp³-hybridized carbons (Fsp3) is 0.412. The number of nitrogens with two attached hydrogens (primary N) is 1. The topological polar surface area (TPSA) is 97.8 Å². The summed E-state index contributed by atoms with van der Waals surface area (Å²) in [6.07, 6.45) is 0.364. The smallest absolute Gasteiger partial charge is 0.410 e. The first-order valence-corrected chi connectivity index (χ1v) is 8.05. The van der Waals surface area contributed by atoms with Gasteiger partial charge >= 0.3 is 12.1 Å². The van der Waals surface area contributed by atoms with Crippen LogP contribution in [-0.2, 0) is 24.2 Å². The summed E-state index contributed by atoms with van der Waals surface area (Å²) in [6, 6.07) is 5.10. The van der Waals surface area contributed by atoms with Gasteiger partial charge in [0.15, 0.2) is 0 Å². The Kier molecular flexibility index (Phi) is 4.44. The number of carboxylic acid groups (broad SMARTS) is 1. The number of carboxylic acids is 1. The third kappa shape index (κ3) is 2.71. The summed E-state index contributed by atoms with van der Waals surface area (Å²) < 4.78 is 7.23. The van der Waals surface area contributed by atoms with Crippen molar-refractivity contribution >= 4 is 23.0 Å². The molecule has 128 valence electrons. The third-order valence-corrected chi connectivity index (χ3v) is 4.38. The zero-order valence-electron chi connectivity index (χ0n) is 13.6. The van der Waals surface area contributed by atoms with Crippen LogP contribution in [0.25, 0.3) is 10.9 Å². The maximum Gasteiger partial charge on any atom is 0.410 e. The second-order valence-electron chi connectivity index (χ2n) is 5.77. The SMILES string of the molecule is CCOC(=O)N1CCc2c(c3cc(C(=O)O)ccc3n2CCN)C1. The monoisotopic (exact) mass is 331 g/mol. The Hall–Kier alpha value is -2.54. The number of carbonyl (C=O) groups excluding carboxylic acids is 1. The van der Waals surface area contributed by atoms with Gasteiger partial charge in [-0.3, -0.25) is 0 Å². The van der Waals surface area contributed by atoms with Gasteiger partial charge in [-0.05, 0) is 25.1 Å². The maximum absolute atomic E-state index is 12.0. The first-order valence-electron chi connectivity index (χ1n) is 8.05. The molecule has 7 nitrogen and oxygen atoms in total. The molecule has 0 fully saturated rings. The van der Waals surface area contributed by atoms with Crippen molar-refractivity contribution in [2.24, 2.45) is 5.73 Å². The molecule has 2 aromatic rings. The minimum Gasteiger partial charge on any atom is -0.478 e. The standard InChI is InChI=1S/C17H21N3O4/c1-2-24-17(23)19-7-5-15-13(10-19)12-9-11(16(21)22)3-4-14(12)20(15)8-6-18/h3-4,9H,2,5-8,10,18H2,1H3,(H,21,22). The molecular weight excluding hydrogens is 310 g/mol. The van der Waals surface area contributed by atoms with Crippen molar-refractivity contribution in [1.29, 1.82) is 0 Å². The normalized spacial score (nSPS) is 13.8. The lowest BCUT2D eigenvalue weighted by atomic mass is 10.0. The van der Waals surface area contributed by atoms with Crippen LogP contribution in [0.2, 0.25) is 0 Å². The summed E-state index contributed by atoms with van der Waals surface area (Å²) in [5, 5.41) is 10.1.